The molecule has 0 aliphatic heterocycles. The lowest BCUT2D eigenvalue weighted by Gasteiger charge is -2.02. The molecule has 1 fully saturated rings. The van der Waals surface area contributed by atoms with Crippen molar-refractivity contribution in [3.05, 3.63) is 16.9 Å². The molecule has 0 radical (unpaired) electrons. The summed E-state index contributed by atoms with van der Waals surface area (Å²) in [6.45, 7) is 3.05. The van der Waals surface area contributed by atoms with Crippen molar-refractivity contribution in [1.29, 1.82) is 0 Å². The van der Waals surface area contributed by atoms with Gasteiger partial charge in [-0.05, 0) is 19.3 Å². The summed E-state index contributed by atoms with van der Waals surface area (Å²) in [5.74, 6) is 0.965. The van der Waals surface area contributed by atoms with Gasteiger partial charge < -0.3 is 0 Å². The van der Waals surface area contributed by atoms with Crippen LogP contribution < -0.4 is 0 Å². The molecule has 0 spiro atoms. The van der Waals surface area contributed by atoms with Gasteiger partial charge in [0.2, 0.25) is 0 Å². The van der Waals surface area contributed by atoms with Crippen molar-refractivity contribution in [3.8, 4) is 0 Å². The molecule has 1 aromatic rings. The Hall–Kier alpha value is -0.500. The average molecular weight is 185 g/mol. The Morgan fingerprint density at radius 3 is 2.92 bits per heavy atom. The fraction of sp³-hybridized carbons (Fsp3) is 0.667. The van der Waals surface area contributed by atoms with Crippen LogP contribution >= 0.6 is 11.6 Å². The van der Waals surface area contributed by atoms with Gasteiger partial charge in [0.05, 0.1) is 16.9 Å². The first-order valence-corrected chi connectivity index (χ1v) is 4.83. The number of nitrogens with zero attached hydrogens (tertiary/aromatic N) is 2. The van der Waals surface area contributed by atoms with Crippen LogP contribution in [0.2, 0.25) is 5.02 Å². The van der Waals surface area contributed by atoms with Gasteiger partial charge in [-0.2, -0.15) is 5.10 Å². The molecule has 1 aromatic heterocycles. The number of hydrogen-bond acceptors (Lipinski definition) is 1. The highest BCUT2D eigenvalue weighted by molar-refractivity contribution is 6.31. The van der Waals surface area contributed by atoms with Crippen LogP contribution in [0.3, 0.4) is 0 Å². The smallest absolute Gasteiger partial charge is 0.0814 e. The highest BCUT2D eigenvalue weighted by atomic mass is 35.5. The summed E-state index contributed by atoms with van der Waals surface area (Å²) in [6, 6.07) is 0. The second-order valence-corrected chi connectivity index (χ2v) is 3.94. The molecule has 0 unspecified atom stereocenters. The van der Waals surface area contributed by atoms with Gasteiger partial charge in [0.25, 0.3) is 0 Å². The van der Waals surface area contributed by atoms with E-state index < -0.39 is 0 Å². The third-order valence-electron chi connectivity index (χ3n) is 2.49. The maximum atomic E-state index is 5.88. The van der Waals surface area contributed by atoms with Gasteiger partial charge in [0, 0.05) is 6.54 Å². The van der Waals surface area contributed by atoms with E-state index in [-0.39, 0.29) is 0 Å². The minimum atomic E-state index is 0.783. The van der Waals surface area contributed by atoms with E-state index in [1.54, 1.807) is 6.20 Å². The monoisotopic (exact) mass is 184 g/mol. The third kappa shape index (κ3) is 1.63. The Morgan fingerprint density at radius 1 is 1.67 bits per heavy atom. The maximum absolute atomic E-state index is 5.88. The lowest BCUT2D eigenvalue weighted by atomic mass is 10.3. The highest BCUT2D eigenvalue weighted by Crippen LogP contribution is 2.32. The van der Waals surface area contributed by atoms with Crippen molar-refractivity contribution in [2.75, 3.05) is 0 Å². The van der Waals surface area contributed by atoms with Crippen LogP contribution in [0.25, 0.3) is 0 Å². The fourth-order valence-corrected chi connectivity index (χ4v) is 1.50. The van der Waals surface area contributed by atoms with E-state index in [4.69, 9.17) is 11.6 Å². The Bertz CT molecular complexity index is 276. The lowest BCUT2D eigenvalue weighted by molar-refractivity contribution is 0.536. The normalized spacial score (nSPS) is 16.8. The first kappa shape index (κ1) is 8.11. The summed E-state index contributed by atoms with van der Waals surface area (Å²) in [7, 11) is 0. The molecule has 1 aliphatic carbocycles. The molecule has 2 rings (SSSR count). The van der Waals surface area contributed by atoms with Gasteiger partial charge in [0.1, 0.15) is 0 Å². The van der Waals surface area contributed by atoms with Gasteiger partial charge in [-0.1, -0.05) is 24.4 Å². The van der Waals surface area contributed by atoms with Crippen LogP contribution in [0.5, 0.6) is 0 Å². The van der Waals surface area contributed by atoms with Crippen LogP contribution in [0, 0.1) is 12.8 Å². The zero-order chi connectivity index (χ0) is 8.55. The predicted octanol–water partition coefficient (Wildman–Crippen LogP) is 2.65. The van der Waals surface area contributed by atoms with Crippen LogP contribution in [0.4, 0.5) is 0 Å². The molecule has 0 aromatic carbocycles. The Balaban J connectivity index is 1.96. The molecule has 2 nitrogen and oxygen atoms in total. The standard InChI is InChI=1S/C9H13ClN2/c1-7-9(10)6-11-12(7)5-4-8-2-3-8/h6,8H,2-5H2,1H3. The molecular formula is C9H13ClN2. The Morgan fingerprint density at radius 2 is 2.42 bits per heavy atom. The van der Waals surface area contributed by atoms with E-state index in [1.807, 2.05) is 11.6 Å². The SMILES string of the molecule is Cc1c(Cl)cnn1CCC1CC1. The van der Waals surface area contributed by atoms with Crippen LogP contribution in [0.1, 0.15) is 25.0 Å². The maximum Gasteiger partial charge on any atom is 0.0814 e. The molecule has 1 aliphatic rings. The van der Waals surface area contributed by atoms with Crippen molar-refractivity contribution >= 4 is 11.6 Å². The highest BCUT2D eigenvalue weighted by Gasteiger charge is 2.21. The number of rotatable bonds is 3. The molecule has 0 saturated heterocycles. The second-order valence-electron chi connectivity index (χ2n) is 3.53. The Labute approximate surface area is 77.5 Å². The van der Waals surface area contributed by atoms with E-state index in [0.29, 0.717) is 0 Å². The molecule has 1 heterocycles. The molecule has 3 heteroatoms. The first-order chi connectivity index (χ1) is 5.77. The van der Waals surface area contributed by atoms with Crippen molar-refractivity contribution in [2.45, 2.75) is 32.7 Å². The van der Waals surface area contributed by atoms with E-state index in [2.05, 4.69) is 5.10 Å². The molecule has 66 valence electrons. The van der Waals surface area contributed by atoms with Gasteiger partial charge in [0.15, 0.2) is 0 Å². The Kier molecular flexibility index (Phi) is 2.09. The van der Waals surface area contributed by atoms with E-state index in [1.165, 1.54) is 19.3 Å². The fourth-order valence-electron chi connectivity index (χ4n) is 1.36. The van der Waals surface area contributed by atoms with E-state index in [0.717, 1.165) is 23.2 Å². The summed E-state index contributed by atoms with van der Waals surface area (Å²) in [6.07, 6.45) is 5.81. The van der Waals surface area contributed by atoms with E-state index in [9.17, 15) is 0 Å². The molecule has 12 heavy (non-hydrogen) atoms. The largest absolute Gasteiger partial charge is 0.268 e. The van der Waals surface area contributed by atoms with Gasteiger partial charge >= 0.3 is 0 Å². The molecule has 0 N–H and O–H groups in total. The lowest BCUT2D eigenvalue weighted by Crippen LogP contribution is -2.02. The zero-order valence-electron chi connectivity index (χ0n) is 7.26. The van der Waals surface area contributed by atoms with Gasteiger partial charge in [-0.15, -0.1) is 0 Å². The summed E-state index contributed by atoms with van der Waals surface area (Å²) >= 11 is 5.88. The van der Waals surface area contributed by atoms with Gasteiger partial charge in [-0.3, -0.25) is 4.68 Å². The quantitative estimate of drug-likeness (QED) is 0.706. The zero-order valence-corrected chi connectivity index (χ0v) is 8.01. The molecule has 1 saturated carbocycles. The van der Waals surface area contributed by atoms with Crippen molar-refractivity contribution in [3.63, 3.8) is 0 Å². The second kappa shape index (κ2) is 3.09. The number of aryl methyl sites for hydroxylation is 1. The summed E-state index contributed by atoms with van der Waals surface area (Å²) in [4.78, 5) is 0. The van der Waals surface area contributed by atoms with Crippen molar-refractivity contribution in [1.82, 2.24) is 9.78 Å². The predicted molar refractivity (Wildman–Crippen MR) is 49.3 cm³/mol. The third-order valence-corrected chi connectivity index (χ3v) is 2.86. The number of halogens is 1. The van der Waals surface area contributed by atoms with Crippen molar-refractivity contribution in [2.24, 2.45) is 5.92 Å². The molecule has 0 atom stereocenters. The van der Waals surface area contributed by atoms with Crippen LogP contribution in [-0.2, 0) is 6.54 Å². The number of aromatic nitrogens is 2. The van der Waals surface area contributed by atoms with Crippen LogP contribution in [0.15, 0.2) is 6.20 Å². The van der Waals surface area contributed by atoms with Crippen molar-refractivity contribution < 1.29 is 0 Å². The summed E-state index contributed by atoms with van der Waals surface area (Å²) in [5, 5.41) is 4.98. The first-order valence-electron chi connectivity index (χ1n) is 4.45. The van der Waals surface area contributed by atoms with Crippen LogP contribution in [-0.4, -0.2) is 9.78 Å². The minimum absolute atomic E-state index is 0.783. The molecule has 0 bridgehead atoms. The summed E-state index contributed by atoms with van der Waals surface area (Å²) < 4.78 is 2.00. The average Bonchev–Trinajstić information content (AvgIpc) is 2.82. The topological polar surface area (TPSA) is 17.8 Å². The molecule has 0 amide bonds. The number of hydrogen-bond donors (Lipinski definition) is 0. The van der Waals surface area contributed by atoms with E-state index >= 15 is 0 Å². The van der Waals surface area contributed by atoms with Gasteiger partial charge in [-0.25, -0.2) is 0 Å². The summed E-state index contributed by atoms with van der Waals surface area (Å²) in [5.41, 5.74) is 1.09. The minimum Gasteiger partial charge on any atom is -0.268 e. The molecular weight excluding hydrogens is 172 g/mol.